The number of nitrogens with zero attached hydrogens (tertiary/aromatic N) is 1. The molecule has 0 bridgehead atoms. The Morgan fingerprint density at radius 2 is 1.88 bits per heavy atom. The van der Waals surface area contributed by atoms with Crippen molar-refractivity contribution in [2.45, 2.75) is 59.0 Å². The van der Waals surface area contributed by atoms with E-state index in [1.165, 1.54) is 38.9 Å². The summed E-state index contributed by atoms with van der Waals surface area (Å²) in [6.45, 7) is 13.3. The summed E-state index contributed by atoms with van der Waals surface area (Å²) < 4.78 is 0. The zero-order chi connectivity index (χ0) is 11.8. The molecular formula is C14H28N2. The Bertz CT molecular complexity index is 231. The Morgan fingerprint density at radius 3 is 2.44 bits per heavy atom. The van der Waals surface area contributed by atoms with Crippen LogP contribution in [-0.2, 0) is 0 Å². The average Bonchev–Trinajstić information content (AvgIpc) is 2.87. The van der Waals surface area contributed by atoms with Gasteiger partial charge in [-0.15, -0.1) is 0 Å². The summed E-state index contributed by atoms with van der Waals surface area (Å²) in [7, 11) is 0. The number of likely N-dealkylation sites (tertiary alicyclic amines) is 1. The highest BCUT2D eigenvalue weighted by atomic mass is 15.2. The molecule has 1 saturated carbocycles. The van der Waals surface area contributed by atoms with E-state index in [1.54, 1.807) is 0 Å². The van der Waals surface area contributed by atoms with Crippen LogP contribution in [0.3, 0.4) is 0 Å². The standard InChI is InChI=1S/C14H28N2/c1-11(2)14(3,4)10-16-8-7-13(9-16)15-12-5-6-12/h11-13,15H,5-10H2,1-4H3. The molecule has 16 heavy (non-hydrogen) atoms. The van der Waals surface area contributed by atoms with Crippen molar-refractivity contribution in [3.8, 4) is 0 Å². The predicted octanol–water partition coefficient (Wildman–Crippen LogP) is 2.49. The molecule has 0 aromatic heterocycles. The van der Waals surface area contributed by atoms with E-state index in [-0.39, 0.29) is 0 Å². The van der Waals surface area contributed by atoms with Crippen LogP contribution in [0.4, 0.5) is 0 Å². The lowest BCUT2D eigenvalue weighted by atomic mass is 9.81. The van der Waals surface area contributed by atoms with Crippen molar-refractivity contribution < 1.29 is 0 Å². The number of hydrogen-bond donors (Lipinski definition) is 1. The Hall–Kier alpha value is -0.0800. The third kappa shape index (κ3) is 3.21. The molecule has 0 aromatic carbocycles. The van der Waals surface area contributed by atoms with Crippen LogP contribution in [0.1, 0.15) is 47.0 Å². The lowest BCUT2D eigenvalue weighted by molar-refractivity contribution is 0.153. The Morgan fingerprint density at radius 1 is 1.19 bits per heavy atom. The summed E-state index contributed by atoms with van der Waals surface area (Å²) in [4.78, 5) is 2.65. The summed E-state index contributed by atoms with van der Waals surface area (Å²) in [5.41, 5.74) is 0.453. The maximum atomic E-state index is 3.76. The van der Waals surface area contributed by atoms with Gasteiger partial charge in [0.2, 0.25) is 0 Å². The van der Waals surface area contributed by atoms with Crippen LogP contribution >= 0.6 is 0 Å². The first kappa shape index (κ1) is 12.4. The van der Waals surface area contributed by atoms with Gasteiger partial charge in [-0.05, 0) is 37.1 Å². The fourth-order valence-corrected chi connectivity index (χ4v) is 2.45. The molecule has 94 valence electrons. The van der Waals surface area contributed by atoms with Crippen LogP contribution < -0.4 is 5.32 Å². The van der Waals surface area contributed by atoms with Gasteiger partial charge in [0.1, 0.15) is 0 Å². The van der Waals surface area contributed by atoms with Crippen molar-refractivity contribution in [3.63, 3.8) is 0 Å². The molecule has 2 fully saturated rings. The summed E-state index contributed by atoms with van der Waals surface area (Å²) in [5.74, 6) is 0.767. The van der Waals surface area contributed by atoms with Crippen molar-refractivity contribution in [3.05, 3.63) is 0 Å². The van der Waals surface area contributed by atoms with E-state index in [0.717, 1.165) is 18.0 Å². The highest BCUT2D eigenvalue weighted by Gasteiger charge is 2.32. The highest BCUT2D eigenvalue weighted by molar-refractivity contribution is 4.91. The topological polar surface area (TPSA) is 15.3 Å². The zero-order valence-electron chi connectivity index (χ0n) is 11.4. The largest absolute Gasteiger partial charge is 0.310 e. The van der Waals surface area contributed by atoms with Crippen LogP contribution in [0.5, 0.6) is 0 Å². The molecule has 0 radical (unpaired) electrons. The van der Waals surface area contributed by atoms with Gasteiger partial charge < -0.3 is 10.2 Å². The number of hydrogen-bond acceptors (Lipinski definition) is 2. The van der Waals surface area contributed by atoms with E-state index in [9.17, 15) is 0 Å². The maximum Gasteiger partial charge on any atom is 0.0209 e. The first-order valence-corrected chi connectivity index (χ1v) is 6.96. The van der Waals surface area contributed by atoms with E-state index >= 15 is 0 Å². The van der Waals surface area contributed by atoms with E-state index in [0.29, 0.717) is 5.41 Å². The van der Waals surface area contributed by atoms with Gasteiger partial charge in [-0.2, -0.15) is 0 Å². The molecule has 0 aromatic rings. The maximum absolute atomic E-state index is 3.76. The number of nitrogens with one attached hydrogen (secondary N) is 1. The van der Waals surface area contributed by atoms with Gasteiger partial charge >= 0.3 is 0 Å². The van der Waals surface area contributed by atoms with Crippen LogP contribution in [0, 0.1) is 11.3 Å². The fraction of sp³-hybridized carbons (Fsp3) is 1.00. The molecule has 0 amide bonds. The van der Waals surface area contributed by atoms with Crippen LogP contribution in [-0.4, -0.2) is 36.6 Å². The molecule has 1 N–H and O–H groups in total. The quantitative estimate of drug-likeness (QED) is 0.772. The van der Waals surface area contributed by atoms with Gasteiger partial charge in [0.05, 0.1) is 0 Å². The smallest absolute Gasteiger partial charge is 0.0209 e. The summed E-state index contributed by atoms with van der Waals surface area (Å²) >= 11 is 0. The Balaban J connectivity index is 1.75. The second-order valence-corrected chi connectivity index (χ2v) is 6.80. The van der Waals surface area contributed by atoms with Crippen molar-refractivity contribution in [2.24, 2.45) is 11.3 Å². The summed E-state index contributed by atoms with van der Waals surface area (Å²) in [5, 5.41) is 3.76. The Labute approximate surface area is 101 Å². The van der Waals surface area contributed by atoms with E-state index in [1.807, 2.05) is 0 Å². The lowest BCUT2D eigenvalue weighted by Crippen LogP contribution is -2.39. The molecule has 2 aliphatic rings. The first-order chi connectivity index (χ1) is 7.47. The molecule has 1 unspecified atom stereocenters. The van der Waals surface area contributed by atoms with Gasteiger partial charge in [0.25, 0.3) is 0 Å². The third-order valence-electron chi connectivity index (χ3n) is 4.52. The van der Waals surface area contributed by atoms with Gasteiger partial charge in [0, 0.05) is 25.2 Å². The molecule has 1 aliphatic carbocycles. The van der Waals surface area contributed by atoms with Gasteiger partial charge in [-0.1, -0.05) is 27.7 Å². The minimum atomic E-state index is 0.453. The number of rotatable bonds is 5. The van der Waals surface area contributed by atoms with E-state index in [4.69, 9.17) is 0 Å². The first-order valence-electron chi connectivity index (χ1n) is 6.96. The molecular weight excluding hydrogens is 196 g/mol. The van der Waals surface area contributed by atoms with Gasteiger partial charge in [0.15, 0.2) is 0 Å². The monoisotopic (exact) mass is 224 g/mol. The SMILES string of the molecule is CC(C)C(C)(C)CN1CCC(NC2CC2)C1. The normalized spacial score (nSPS) is 27.9. The average molecular weight is 224 g/mol. The zero-order valence-corrected chi connectivity index (χ0v) is 11.4. The van der Waals surface area contributed by atoms with Crippen molar-refractivity contribution in [2.75, 3.05) is 19.6 Å². The van der Waals surface area contributed by atoms with Crippen molar-refractivity contribution >= 4 is 0 Å². The molecule has 1 saturated heterocycles. The van der Waals surface area contributed by atoms with Crippen LogP contribution in [0.2, 0.25) is 0 Å². The molecule has 2 rings (SSSR count). The van der Waals surface area contributed by atoms with Gasteiger partial charge in [-0.3, -0.25) is 0 Å². The van der Waals surface area contributed by atoms with Crippen molar-refractivity contribution in [1.82, 2.24) is 10.2 Å². The highest BCUT2D eigenvalue weighted by Crippen LogP contribution is 2.29. The lowest BCUT2D eigenvalue weighted by Gasteiger charge is -2.33. The minimum Gasteiger partial charge on any atom is -0.310 e. The third-order valence-corrected chi connectivity index (χ3v) is 4.52. The Kier molecular flexibility index (Phi) is 3.60. The van der Waals surface area contributed by atoms with Gasteiger partial charge in [-0.25, -0.2) is 0 Å². The molecule has 1 aliphatic heterocycles. The molecule has 1 heterocycles. The molecule has 2 heteroatoms. The minimum absolute atomic E-state index is 0.453. The second kappa shape index (κ2) is 4.66. The summed E-state index contributed by atoms with van der Waals surface area (Å²) in [6.07, 6.45) is 4.17. The molecule has 2 nitrogen and oxygen atoms in total. The molecule has 1 atom stereocenters. The second-order valence-electron chi connectivity index (χ2n) is 6.80. The summed E-state index contributed by atoms with van der Waals surface area (Å²) in [6, 6.07) is 1.64. The van der Waals surface area contributed by atoms with Crippen LogP contribution in [0.15, 0.2) is 0 Å². The molecule has 0 spiro atoms. The van der Waals surface area contributed by atoms with Crippen LogP contribution in [0.25, 0.3) is 0 Å². The van der Waals surface area contributed by atoms with E-state index in [2.05, 4.69) is 37.9 Å². The van der Waals surface area contributed by atoms with Crippen molar-refractivity contribution in [1.29, 1.82) is 0 Å². The predicted molar refractivity (Wildman–Crippen MR) is 69.6 cm³/mol. The van der Waals surface area contributed by atoms with E-state index < -0.39 is 0 Å². The fourth-order valence-electron chi connectivity index (χ4n) is 2.45.